The first-order chi connectivity index (χ1) is 15.5. The van der Waals surface area contributed by atoms with Crippen molar-refractivity contribution >= 4 is 16.9 Å². The molecule has 4 heteroatoms. The van der Waals surface area contributed by atoms with E-state index in [1.807, 2.05) is 11.3 Å². The molecule has 0 spiro atoms. The zero-order valence-corrected chi connectivity index (χ0v) is 26.5. The number of thiophene rings is 1. The van der Waals surface area contributed by atoms with Gasteiger partial charge in [-0.2, -0.15) is 0 Å². The Balaban J connectivity index is 0.00000171. The fourth-order valence-corrected chi connectivity index (χ4v) is 10.2. The van der Waals surface area contributed by atoms with Gasteiger partial charge in [-0.3, -0.25) is 0 Å². The minimum Gasteiger partial charge on any atom is -1.00 e. The van der Waals surface area contributed by atoms with Crippen molar-refractivity contribution in [3.63, 3.8) is 0 Å². The van der Waals surface area contributed by atoms with Gasteiger partial charge in [-0.05, 0) is 0 Å². The minimum absolute atomic E-state index is 0. The van der Waals surface area contributed by atoms with Gasteiger partial charge in [0.25, 0.3) is 0 Å². The van der Waals surface area contributed by atoms with Gasteiger partial charge in [0.1, 0.15) is 0 Å². The van der Waals surface area contributed by atoms with Crippen LogP contribution in [0, 0.1) is 5.92 Å². The number of allylic oxidation sites excluding steroid dienone is 4. The van der Waals surface area contributed by atoms with Crippen molar-refractivity contribution in [3.8, 4) is 11.1 Å². The largest absolute Gasteiger partial charge is 1.00 e. The normalized spacial score (nSPS) is 16.9. The van der Waals surface area contributed by atoms with E-state index in [1.54, 1.807) is 14.4 Å². The maximum absolute atomic E-state index is 2.55. The van der Waals surface area contributed by atoms with Crippen molar-refractivity contribution in [1.82, 2.24) is 0 Å². The molecule has 2 aliphatic rings. The molecule has 2 aliphatic carbocycles. The Kier molecular flexibility index (Phi) is 8.56. The van der Waals surface area contributed by atoms with Crippen LogP contribution in [0.15, 0.2) is 68.7 Å². The third kappa shape index (κ3) is 5.38. The monoisotopic (exact) mass is 598 g/mol. The van der Waals surface area contributed by atoms with Gasteiger partial charge in [0.2, 0.25) is 0 Å². The van der Waals surface area contributed by atoms with Crippen molar-refractivity contribution in [2.24, 2.45) is 5.92 Å². The molecule has 2 aromatic carbocycles. The maximum atomic E-state index is 2.55. The Hall–Kier alpha value is -0.917. The molecule has 0 fully saturated rings. The van der Waals surface area contributed by atoms with Crippen molar-refractivity contribution in [2.75, 3.05) is 0 Å². The molecule has 0 N–H and O–H groups in total. The van der Waals surface area contributed by atoms with Crippen LogP contribution in [0.4, 0.5) is 0 Å². The summed E-state index contributed by atoms with van der Waals surface area (Å²) in [5, 5.41) is 4.54. The number of hydrogen-bond acceptors (Lipinski definition) is 1. The topological polar surface area (TPSA) is 0 Å². The number of rotatable bonds is 3. The second-order valence-corrected chi connectivity index (χ2v) is 15.9. The third-order valence-corrected chi connectivity index (χ3v) is 12.6. The summed E-state index contributed by atoms with van der Waals surface area (Å²) in [6, 6.07) is 17.0. The van der Waals surface area contributed by atoms with Crippen LogP contribution in [0.3, 0.4) is 0 Å². The molecule has 0 radical (unpaired) electrons. The van der Waals surface area contributed by atoms with Crippen molar-refractivity contribution in [2.45, 2.75) is 62.9 Å². The van der Waals surface area contributed by atoms with Gasteiger partial charge < -0.3 is 24.8 Å². The molecular weight excluding hydrogens is 567 g/mol. The summed E-state index contributed by atoms with van der Waals surface area (Å²) in [7, 11) is 0. The summed E-state index contributed by atoms with van der Waals surface area (Å²) >= 11 is 0.872. The number of hydrogen-bond donors (Lipinski definition) is 0. The molecule has 1 heterocycles. The van der Waals surface area contributed by atoms with Crippen LogP contribution in [-0.2, 0) is 34.1 Å². The van der Waals surface area contributed by atoms with Gasteiger partial charge in [-0.25, -0.2) is 0 Å². The van der Waals surface area contributed by atoms with Crippen LogP contribution in [0.1, 0.15) is 79.9 Å². The van der Waals surface area contributed by atoms with E-state index in [0.29, 0.717) is 9.54 Å². The van der Waals surface area contributed by atoms with E-state index in [4.69, 9.17) is 0 Å². The molecule has 1 aromatic heterocycles. The number of fused-ring (bicyclic) bond motifs is 3. The van der Waals surface area contributed by atoms with Crippen LogP contribution >= 0.6 is 11.3 Å². The predicted octanol–water partition coefficient (Wildman–Crippen LogP) is 3.12. The van der Waals surface area contributed by atoms with Crippen LogP contribution < -0.4 is 24.8 Å². The molecule has 1 unspecified atom stereocenters. The third-order valence-electron chi connectivity index (χ3n) is 7.18. The average molecular weight is 601 g/mol. The van der Waals surface area contributed by atoms with E-state index < -0.39 is 23.2 Å². The Bertz CT molecular complexity index is 1210. The molecule has 35 heavy (non-hydrogen) atoms. The number of halogens is 2. The van der Waals surface area contributed by atoms with Crippen LogP contribution in [-0.4, -0.2) is 0 Å². The van der Waals surface area contributed by atoms with E-state index in [-0.39, 0.29) is 35.6 Å². The van der Waals surface area contributed by atoms with E-state index in [1.165, 1.54) is 33.4 Å². The molecular formula is C31H34Cl2SZr. The molecule has 0 bridgehead atoms. The van der Waals surface area contributed by atoms with E-state index in [2.05, 4.69) is 114 Å². The van der Waals surface area contributed by atoms with Crippen LogP contribution in [0.2, 0.25) is 0 Å². The van der Waals surface area contributed by atoms with Gasteiger partial charge >= 0.3 is 217 Å². The molecule has 0 saturated carbocycles. The fraction of sp³-hybridized carbons (Fsp3) is 0.355. The van der Waals surface area contributed by atoms with Crippen molar-refractivity contribution in [3.05, 3.63) is 96.5 Å². The summed E-state index contributed by atoms with van der Waals surface area (Å²) in [6.45, 7) is 16.4. The summed E-state index contributed by atoms with van der Waals surface area (Å²) < 4.78 is 2.33. The zero-order chi connectivity index (χ0) is 23.5. The van der Waals surface area contributed by atoms with E-state index in [0.717, 1.165) is 0 Å². The summed E-state index contributed by atoms with van der Waals surface area (Å²) in [5.74, 6) is 0.565. The maximum Gasteiger partial charge on any atom is -1.00 e. The molecule has 182 valence electrons. The first-order valence-corrected chi connectivity index (χ1v) is 15.6. The Morgan fingerprint density at radius 1 is 0.771 bits per heavy atom. The SMILES string of the molecule is CC1C=CC(c2ccsc2)=[C]1[Zr+2][CH]1c2cc(C(C)(C)C)ccc2-c2ccc(C(C)(C)C)cc21.[Cl-].[Cl-]. The molecule has 0 nitrogen and oxygen atoms in total. The Morgan fingerprint density at radius 2 is 1.31 bits per heavy atom. The van der Waals surface area contributed by atoms with Crippen LogP contribution in [0.5, 0.6) is 0 Å². The first kappa shape index (κ1) is 28.7. The quantitative estimate of drug-likeness (QED) is 0.434. The van der Waals surface area contributed by atoms with Crippen molar-refractivity contribution < 1.29 is 48.0 Å². The smallest absolute Gasteiger partial charge is 1.00 e. The second kappa shape index (κ2) is 10.5. The van der Waals surface area contributed by atoms with Gasteiger partial charge in [0, 0.05) is 0 Å². The number of benzene rings is 2. The first-order valence-electron chi connectivity index (χ1n) is 12.0. The van der Waals surface area contributed by atoms with Gasteiger partial charge in [0.15, 0.2) is 0 Å². The molecule has 5 rings (SSSR count). The fourth-order valence-electron chi connectivity index (χ4n) is 5.06. The summed E-state index contributed by atoms with van der Waals surface area (Å²) in [5.41, 5.74) is 12.3. The predicted molar refractivity (Wildman–Crippen MR) is 141 cm³/mol. The molecule has 0 saturated heterocycles. The zero-order valence-electron chi connectivity index (χ0n) is 21.7. The Labute approximate surface area is 239 Å². The summed E-state index contributed by atoms with van der Waals surface area (Å²) in [4.78, 5) is 0. The van der Waals surface area contributed by atoms with Crippen molar-refractivity contribution in [1.29, 1.82) is 0 Å². The molecule has 1 atom stereocenters. The van der Waals surface area contributed by atoms with E-state index in [9.17, 15) is 0 Å². The molecule has 0 aliphatic heterocycles. The molecule has 3 aromatic rings. The second-order valence-electron chi connectivity index (χ2n) is 11.7. The van der Waals surface area contributed by atoms with E-state index >= 15 is 0 Å². The van der Waals surface area contributed by atoms with Gasteiger partial charge in [-0.1, -0.05) is 0 Å². The average Bonchev–Trinajstić information content (AvgIpc) is 3.46. The van der Waals surface area contributed by atoms with Gasteiger partial charge in [-0.15, -0.1) is 0 Å². The van der Waals surface area contributed by atoms with Crippen LogP contribution in [0.25, 0.3) is 16.7 Å². The summed E-state index contributed by atoms with van der Waals surface area (Å²) in [6.07, 6.45) is 4.83. The minimum atomic E-state index is -0.938. The standard InChI is InChI=1S/C21H25.C10H9S.2ClH.Zr/c1-20(2,3)16-7-9-18-14(12-16)11-15-13-17(21(4,5)6)8-10-19(15)18;1-8-2-3-9(6-8)10-4-5-11-7-10;;;/h7-13H,1-6H3;2-5,7-8H,1H3;2*1H;/q;;;;+2/p-2. The molecule has 0 amide bonds. The van der Waals surface area contributed by atoms with Gasteiger partial charge in [0.05, 0.1) is 0 Å². The Morgan fingerprint density at radius 3 is 1.77 bits per heavy atom.